The predicted molar refractivity (Wildman–Crippen MR) is 197 cm³/mol. The average molecular weight is 603 g/mol. The molecule has 0 amide bonds. The van der Waals surface area contributed by atoms with Crippen molar-refractivity contribution in [2.45, 2.75) is 29.1 Å². The van der Waals surface area contributed by atoms with Gasteiger partial charge < -0.3 is 0 Å². The summed E-state index contributed by atoms with van der Waals surface area (Å²) in [5, 5.41) is 7.85. The molecular formula is C45H30S. The molecule has 1 aliphatic heterocycles. The predicted octanol–water partition coefficient (Wildman–Crippen LogP) is 12.9. The molecule has 8 aromatic carbocycles. The molecule has 2 aliphatic rings. The highest BCUT2D eigenvalue weighted by Crippen LogP contribution is 2.53. The third-order valence-electron chi connectivity index (χ3n) is 10.5. The van der Waals surface area contributed by atoms with Gasteiger partial charge in [0, 0.05) is 20.6 Å². The topological polar surface area (TPSA) is 0 Å². The van der Waals surface area contributed by atoms with Gasteiger partial charge in [0.1, 0.15) is 0 Å². The van der Waals surface area contributed by atoms with Gasteiger partial charge in [-0.2, -0.15) is 0 Å². The Balaban J connectivity index is 1.28. The van der Waals surface area contributed by atoms with Crippen LogP contribution in [0.1, 0.15) is 25.0 Å². The van der Waals surface area contributed by atoms with Crippen LogP contribution >= 0.6 is 11.8 Å². The van der Waals surface area contributed by atoms with Gasteiger partial charge in [-0.05, 0) is 101 Å². The molecule has 0 unspecified atom stereocenters. The summed E-state index contributed by atoms with van der Waals surface area (Å²) in [5.41, 5.74) is 13.4. The van der Waals surface area contributed by atoms with Crippen molar-refractivity contribution >= 4 is 44.1 Å². The number of fused-ring (bicyclic) bond motifs is 7. The van der Waals surface area contributed by atoms with Crippen LogP contribution in [0.4, 0.5) is 0 Å². The molecule has 0 bridgehead atoms. The first-order valence-corrected chi connectivity index (χ1v) is 16.9. The van der Waals surface area contributed by atoms with Crippen LogP contribution in [0.3, 0.4) is 0 Å². The van der Waals surface area contributed by atoms with Crippen LogP contribution in [0.2, 0.25) is 0 Å². The Hall–Kier alpha value is -5.11. The smallest absolute Gasteiger partial charge is 0.0207 e. The number of benzene rings is 8. The van der Waals surface area contributed by atoms with Gasteiger partial charge >= 0.3 is 0 Å². The summed E-state index contributed by atoms with van der Waals surface area (Å²) >= 11 is 1.89. The molecule has 0 nitrogen and oxygen atoms in total. The molecule has 8 aromatic rings. The van der Waals surface area contributed by atoms with E-state index in [0.29, 0.717) is 0 Å². The van der Waals surface area contributed by atoms with Crippen molar-refractivity contribution in [1.29, 1.82) is 0 Å². The largest absolute Gasteiger partial charge is 0.0888 e. The zero-order chi connectivity index (χ0) is 30.6. The van der Waals surface area contributed by atoms with E-state index >= 15 is 0 Å². The van der Waals surface area contributed by atoms with Crippen LogP contribution in [0, 0.1) is 0 Å². The SMILES string of the molecule is CC1(C)c2ccccc2-c2cc(-c3c4ccccc4c(-c4ccc5c6c(cccc46)Sc4ccccc4-5)c4ccccc34)ccc21. The minimum atomic E-state index is -0.00804. The molecule has 1 heteroatoms. The normalized spacial score (nSPS) is 14.0. The van der Waals surface area contributed by atoms with Crippen molar-refractivity contribution < 1.29 is 0 Å². The highest BCUT2D eigenvalue weighted by molar-refractivity contribution is 7.99. The molecule has 1 aliphatic carbocycles. The number of hydrogen-bond donors (Lipinski definition) is 0. The first-order valence-electron chi connectivity index (χ1n) is 16.1. The summed E-state index contributed by atoms with van der Waals surface area (Å²) < 4.78 is 0. The molecule has 0 aromatic heterocycles. The lowest BCUT2D eigenvalue weighted by atomic mass is 9.81. The van der Waals surface area contributed by atoms with Gasteiger partial charge in [-0.1, -0.05) is 153 Å². The maximum atomic E-state index is 2.45. The van der Waals surface area contributed by atoms with Gasteiger partial charge in [0.2, 0.25) is 0 Å². The molecule has 1 heterocycles. The molecule has 216 valence electrons. The average Bonchev–Trinajstić information content (AvgIpc) is 3.33. The lowest BCUT2D eigenvalue weighted by Crippen LogP contribution is -2.14. The van der Waals surface area contributed by atoms with E-state index in [1.165, 1.54) is 97.7 Å². The number of rotatable bonds is 2. The van der Waals surface area contributed by atoms with Crippen LogP contribution in [-0.2, 0) is 5.41 Å². The van der Waals surface area contributed by atoms with E-state index in [0.717, 1.165) is 0 Å². The minimum Gasteiger partial charge on any atom is -0.0888 e. The fraction of sp³-hybridized carbons (Fsp3) is 0.0667. The van der Waals surface area contributed by atoms with Gasteiger partial charge in [0.05, 0.1) is 0 Å². The van der Waals surface area contributed by atoms with E-state index in [1.807, 2.05) is 11.8 Å². The lowest BCUT2D eigenvalue weighted by Gasteiger charge is -2.24. The molecule has 0 spiro atoms. The molecule has 0 fully saturated rings. The Kier molecular flexibility index (Phi) is 5.37. The van der Waals surface area contributed by atoms with Crippen molar-refractivity contribution in [2.75, 3.05) is 0 Å². The molecule has 0 saturated heterocycles. The van der Waals surface area contributed by atoms with Crippen molar-refractivity contribution in [3.8, 4) is 44.5 Å². The highest BCUT2D eigenvalue weighted by atomic mass is 32.2. The first-order chi connectivity index (χ1) is 22.6. The van der Waals surface area contributed by atoms with E-state index in [-0.39, 0.29) is 5.41 Å². The van der Waals surface area contributed by atoms with Crippen LogP contribution < -0.4 is 0 Å². The van der Waals surface area contributed by atoms with Gasteiger partial charge in [0.25, 0.3) is 0 Å². The molecule has 0 saturated carbocycles. The van der Waals surface area contributed by atoms with E-state index in [2.05, 4.69) is 159 Å². The number of hydrogen-bond acceptors (Lipinski definition) is 1. The Labute approximate surface area is 273 Å². The Morgan fingerprint density at radius 3 is 1.72 bits per heavy atom. The summed E-state index contributed by atoms with van der Waals surface area (Å²) in [6.45, 7) is 4.71. The molecule has 0 radical (unpaired) electrons. The first kappa shape index (κ1) is 26.1. The molecule has 0 atom stereocenters. The van der Waals surface area contributed by atoms with Crippen molar-refractivity contribution in [3.05, 3.63) is 157 Å². The van der Waals surface area contributed by atoms with Crippen molar-refractivity contribution in [3.63, 3.8) is 0 Å². The maximum absolute atomic E-state index is 2.45. The van der Waals surface area contributed by atoms with Crippen molar-refractivity contribution in [1.82, 2.24) is 0 Å². The third-order valence-corrected chi connectivity index (χ3v) is 11.6. The quantitative estimate of drug-likeness (QED) is 0.177. The Morgan fingerprint density at radius 1 is 0.391 bits per heavy atom. The minimum absolute atomic E-state index is 0.00804. The van der Waals surface area contributed by atoms with Crippen LogP contribution in [-0.4, -0.2) is 0 Å². The Morgan fingerprint density at radius 2 is 0.957 bits per heavy atom. The van der Waals surface area contributed by atoms with Gasteiger partial charge in [-0.3, -0.25) is 0 Å². The molecule has 46 heavy (non-hydrogen) atoms. The molecule has 10 rings (SSSR count). The maximum Gasteiger partial charge on any atom is 0.0207 e. The Bertz CT molecular complexity index is 2530. The summed E-state index contributed by atoms with van der Waals surface area (Å²) in [5.74, 6) is 0. The second kappa shape index (κ2) is 9.45. The van der Waals surface area contributed by atoms with Crippen LogP contribution in [0.5, 0.6) is 0 Å². The monoisotopic (exact) mass is 602 g/mol. The van der Waals surface area contributed by atoms with E-state index in [4.69, 9.17) is 0 Å². The fourth-order valence-electron chi connectivity index (χ4n) is 8.40. The second-order valence-corrected chi connectivity index (χ2v) is 14.3. The van der Waals surface area contributed by atoms with E-state index in [1.54, 1.807) is 0 Å². The summed E-state index contributed by atoms with van der Waals surface area (Å²) in [6.07, 6.45) is 0. The molecular weight excluding hydrogens is 573 g/mol. The van der Waals surface area contributed by atoms with Crippen molar-refractivity contribution in [2.24, 2.45) is 0 Å². The summed E-state index contributed by atoms with van der Waals surface area (Å²) in [6, 6.07) is 54.6. The zero-order valence-electron chi connectivity index (χ0n) is 25.8. The summed E-state index contributed by atoms with van der Waals surface area (Å²) in [7, 11) is 0. The lowest BCUT2D eigenvalue weighted by molar-refractivity contribution is 0.660. The van der Waals surface area contributed by atoms with Crippen LogP contribution in [0.15, 0.2) is 155 Å². The van der Waals surface area contributed by atoms with Crippen LogP contribution in [0.25, 0.3) is 76.8 Å². The van der Waals surface area contributed by atoms with E-state index in [9.17, 15) is 0 Å². The second-order valence-electron chi connectivity index (χ2n) is 13.2. The van der Waals surface area contributed by atoms with Gasteiger partial charge in [-0.25, -0.2) is 0 Å². The summed E-state index contributed by atoms with van der Waals surface area (Å²) in [4.78, 5) is 2.66. The van der Waals surface area contributed by atoms with Gasteiger partial charge in [-0.15, -0.1) is 0 Å². The standard InChI is InChI=1S/C45H30S/c1-45(2)38-19-9-7-12-28(38)37-26-27(22-25-39(37)45)42-30-14-3-5-16-32(30)43(33-17-6-4-15-31(33)42)36-24-23-35-29-13-8-10-20-40(29)46-41-21-11-18-34(36)44(35)41/h3-26H,1-2H3. The fourth-order valence-corrected chi connectivity index (χ4v) is 9.54. The van der Waals surface area contributed by atoms with Gasteiger partial charge in [0.15, 0.2) is 0 Å². The molecule has 0 N–H and O–H groups in total. The van der Waals surface area contributed by atoms with E-state index < -0.39 is 0 Å². The third kappa shape index (κ3) is 3.47. The highest BCUT2D eigenvalue weighted by Gasteiger charge is 2.35. The zero-order valence-corrected chi connectivity index (χ0v) is 26.6.